The van der Waals surface area contributed by atoms with Crippen LogP contribution < -0.4 is 16.0 Å². The molecule has 0 spiro atoms. The molecule has 0 saturated carbocycles. The number of nitrogens with one attached hydrogen (secondary N) is 3. The topological polar surface area (TPSA) is 178 Å². The number of halogens is 1. The van der Waals surface area contributed by atoms with Gasteiger partial charge in [0, 0.05) is 31.2 Å². The molecular formula is C30H39ClN6O6. The quantitative estimate of drug-likeness (QED) is 0.134. The average Bonchev–Trinajstić information content (AvgIpc) is 3.40. The molecule has 2 aromatic rings. The molecule has 0 saturated heterocycles. The Morgan fingerprint density at radius 2 is 1.84 bits per heavy atom. The Morgan fingerprint density at radius 3 is 2.42 bits per heavy atom. The van der Waals surface area contributed by atoms with Crippen molar-refractivity contribution in [2.75, 3.05) is 13.6 Å². The molecule has 1 unspecified atom stereocenters. The van der Waals surface area contributed by atoms with Crippen LogP contribution in [0.5, 0.6) is 0 Å². The molecule has 1 aromatic heterocycles. The van der Waals surface area contributed by atoms with E-state index in [1.165, 1.54) is 17.9 Å². The first-order valence-corrected chi connectivity index (χ1v) is 14.3. The number of hydrogen-bond donors (Lipinski definition) is 4. The van der Waals surface area contributed by atoms with Gasteiger partial charge in [0.15, 0.2) is 5.69 Å². The van der Waals surface area contributed by atoms with Crippen LogP contribution in [0.15, 0.2) is 46.5 Å². The van der Waals surface area contributed by atoms with E-state index in [4.69, 9.17) is 16.1 Å². The number of nitrogens with zero attached hydrogens (tertiary/aromatic N) is 3. The number of nitriles is 1. The fourth-order valence-electron chi connectivity index (χ4n) is 4.07. The first-order chi connectivity index (χ1) is 20.3. The van der Waals surface area contributed by atoms with E-state index in [1.807, 2.05) is 19.9 Å². The van der Waals surface area contributed by atoms with Gasteiger partial charge >= 0.3 is 0 Å². The van der Waals surface area contributed by atoms with Crippen LogP contribution in [0.4, 0.5) is 0 Å². The van der Waals surface area contributed by atoms with Crippen molar-refractivity contribution in [3.05, 3.63) is 64.0 Å². The molecule has 0 bridgehead atoms. The summed E-state index contributed by atoms with van der Waals surface area (Å²) in [6.07, 6.45) is 1.42. The van der Waals surface area contributed by atoms with E-state index >= 15 is 0 Å². The molecule has 1 heterocycles. The van der Waals surface area contributed by atoms with Crippen LogP contribution in [0.1, 0.15) is 61.8 Å². The monoisotopic (exact) mass is 614 g/mol. The number of benzene rings is 1. The number of carbonyl (C=O) groups is 4. The maximum atomic E-state index is 13.2. The summed E-state index contributed by atoms with van der Waals surface area (Å²) in [5.41, 5.74) is 0.683. The Bertz CT molecular complexity index is 1350. The van der Waals surface area contributed by atoms with Crippen LogP contribution in [0.3, 0.4) is 0 Å². The maximum Gasteiger partial charge on any atom is 0.274 e. The summed E-state index contributed by atoms with van der Waals surface area (Å²) in [6.45, 7) is 7.12. The highest BCUT2D eigenvalue weighted by molar-refractivity contribution is 6.31. The fraction of sp³-hybridized carbons (Fsp3) is 0.467. The zero-order chi connectivity index (χ0) is 32.1. The predicted octanol–water partition coefficient (Wildman–Crippen LogP) is 2.65. The van der Waals surface area contributed by atoms with Gasteiger partial charge in [0.25, 0.3) is 11.8 Å². The zero-order valence-corrected chi connectivity index (χ0v) is 25.8. The van der Waals surface area contributed by atoms with E-state index in [0.717, 1.165) is 0 Å². The van der Waals surface area contributed by atoms with Crippen molar-refractivity contribution in [2.24, 2.45) is 5.92 Å². The number of aliphatic hydroxyl groups is 1. The second-order valence-corrected chi connectivity index (χ2v) is 11.0. The Hall–Kier alpha value is -4.21. The number of hydrogen-bond acceptors (Lipinski definition) is 8. The number of carbonyl (C=O) groups excluding carboxylic acids is 4. The largest absolute Gasteiger partial charge is 0.391 e. The van der Waals surface area contributed by atoms with E-state index in [1.54, 1.807) is 44.3 Å². The third kappa shape index (κ3) is 11.2. The summed E-state index contributed by atoms with van der Waals surface area (Å²) in [7, 11) is 1.59. The minimum Gasteiger partial charge on any atom is -0.391 e. The van der Waals surface area contributed by atoms with Gasteiger partial charge in [0.2, 0.25) is 11.8 Å². The van der Waals surface area contributed by atoms with Crippen molar-refractivity contribution >= 4 is 35.2 Å². The van der Waals surface area contributed by atoms with Crippen molar-refractivity contribution in [3.63, 3.8) is 0 Å². The summed E-state index contributed by atoms with van der Waals surface area (Å²) in [5, 5.41) is 31.5. The van der Waals surface area contributed by atoms with Crippen molar-refractivity contribution in [1.29, 1.82) is 5.26 Å². The van der Waals surface area contributed by atoms with Crippen LogP contribution in [0, 0.1) is 24.2 Å². The molecule has 43 heavy (non-hydrogen) atoms. The number of aromatic nitrogens is 1. The molecule has 232 valence electrons. The molecule has 0 fully saturated rings. The minimum atomic E-state index is -1.38. The lowest BCUT2D eigenvalue weighted by atomic mass is 10.1. The number of amides is 4. The van der Waals surface area contributed by atoms with Gasteiger partial charge < -0.3 is 30.5 Å². The lowest BCUT2D eigenvalue weighted by Gasteiger charge is -2.25. The van der Waals surface area contributed by atoms with E-state index in [9.17, 15) is 29.5 Å². The van der Waals surface area contributed by atoms with Crippen LogP contribution in [-0.2, 0) is 20.9 Å². The van der Waals surface area contributed by atoms with Gasteiger partial charge in [-0.3, -0.25) is 19.2 Å². The molecule has 12 nitrogen and oxygen atoms in total. The van der Waals surface area contributed by atoms with Gasteiger partial charge in [-0.05, 0) is 50.7 Å². The van der Waals surface area contributed by atoms with Crippen LogP contribution in [0.2, 0.25) is 5.02 Å². The first-order valence-electron chi connectivity index (χ1n) is 13.9. The number of likely N-dealkylation sites (N-methyl/N-ethyl adjacent to an activating group) is 1. The highest BCUT2D eigenvalue weighted by Crippen LogP contribution is 2.15. The lowest BCUT2D eigenvalue weighted by Crippen LogP contribution is -2.57. The highest BCUT2D eigenvalue weighted by atomic mass is 35.5. The van der Waals surface area contributed by atoms with Crippen LogP contribution in [-0.4, -0.2) is 70.6 Å². The maximum absolute atomic E-state index is 13.2. The van der Waals surface area contributed by atoms with Gasteiger partial charge in [0.05, 0.1) is 6.10 Å². The van der Waals surface area contributed by atoms with E-state index in [0.29, 0.717) is 35.7 Å². The second-order valence-electron chi connectivity index (χ2n) is 10.5. The first kappa shape index (κ1) is 35.0. The number of allylic oxidation sites excluding steroid dienone is 1. The summed E-state index contributed by atoms with van der Waals surface area (Å²) < 4.78 is 4.90. The van der Waals surface area contributed by atoms with Crippen LogP contribution in [0.25, 0.3) is 0 Å². The van der Waals surface area contributed by atoms with Crippen molar-refractivity contribution < 1.29 is 28.8 Å². The van der Waals surface area contributed by atoms with E-state index in [2.05, 4.69) is 21.1 Å². The van der Waals surface area contributed by atoms with Gasteiger partial charge in [0.1, 0.15) is 29.5 Å². The number of aryl methyl sites for hydroxylation is 1. The Morgan fingerprint density at radius 1 is 1.14 bits per heavy atom. The molecular weight excluding hydrogens is 576 g/mol. The smallest absolute Gasteiger partial charge is 0.274 e. The molecule has 0 aliphatic heterocycles. The highest BCUT2D eigenvalue weighted by Gasteiger charge is 2.30. The molecule has 0 radical (unpaired) electrons. The SMILES string of the molecule is Cc1cc(C(=O)N[C@H](C(=O)NC(CCCCN(C)C(=O)C(C#N)=CC(C)C)C(=O)NCc2ccccc2Cl)[C@@H](C)O)no1. The Balaban J connectivity index is 2.10. The summed E-state index contributed by atoms with van der Waals surface area (Å²) >= 11 is 6.21. The van der Waals surface area contributed by atoms with Crippen molar-refractivity contribution in [1.82, 2.24) is 26.0 Å². The average molecular weight is 615 g/mol. The Kier molecular flexibility index (Phi) is 13.9. The standard InChI is InChI=1S/C30H39ClN6O6/c1-18(2)14-22(16-32)30(42)37(5)13-9-8-12-24(27(39)33-17-21-10-6-7-11-23(21)31)34-29(41)26(20(4)38)35-28(40)25-15-19(3)43-36-25/h6-7,10-11,14-15,18,20,24,26,38H,8-9,12-13,17H2,1-5H3,(H,33,39)(H,34,41)(H,35,40)/t20-,24?,26+/m1/s1. The number of aliphatic hydroxyl groups excluding tert-OH is 1. The second kappa shape index (κ2) is 17.0. The minimum absolute atomic E-state index is 0.0379. The third-order valence-corrected chi connectivity index (χ3v) is 6.76. The van der Waals surface area contributed by atoms with Gasteiger partial charge in [-0.2, -0.15) is 5.26 Å². The van der Waals surface area contributed by atoms with Crippen molar-refractivity contribution in [2.45, 2.75) is 71.7 Å². The summed E-state index contributed by atoms with van der Waals surface area (Å²) in [4.78, 5) is 53.0. The third-order valence-electron chi connectivity index (χ3n) is 6.39. The number of rotatable bonds is 15. The summed E-state index contributed by atoms with van der Waals surface area (Å²) in [5.74, 6) is -1.95. The van der Waals surface area contributed by atoms with Crippen LogP contribution >= 0.6 is 11.6 Å². The van der Waals surface area contributed by atoms with E-state index in [-0.39, 0.29) is 30.2 Å². The molecule has 0 aliphatic carbocycles. The molecule has 2 rings (SSSR count). The molecule has 4 amide bonds. The fourth-order valence-corrected chi connectivity index (χ4v) is 4.27. The van der Waals surface area contributed by atoms with Gasteiger partial charge in [-0.15, -0.1) is 0 Å². The molecule has 0 aliphatic rings. The summed E-state index contributed by atoms with van der Waals surface area (Å²) in [6, 6.07) is 7.91. The van der Waals surface area contributed by atoms with Crippen molar-refractivity contribution in [3.8, 4) is 6.07 Å². The zero-order valence-electron chi connectivity index (χ0n) is 25.0. The Labute approximate surface area is 256 Å². The lowest BCUT2D eigenvalue weighted by molar-refractivity contribution is -0.131. The van der Waals surface area contributed by atoms with Gasteiger partial charge in [-0.1, -0.05) is 54.9 Å². The van der Waals surface area contributed by atoms with E-state index < -0.39 is 41.8 Å². The molecule has 1 aromatic carbocycles. The molecule has 4 N–H and O–H groups in total. The van der Waals surface area contributed by atoms with Gasteiger partial charge in [-0.25, -0.2) is 0 Å². The normalized spacial score (nSPS) is 13.4. The number of unbranched alkanes of at least 4 members (excludes halogenated alkanes) is 1. The molecule has 3 atom stereocenters. The predicted molar refractivity (Wildman–Crippen MR) is 159 cm³/mol. The molecule has 13 heteroatoms.